The van der Waals surface area contributed by atoms with E-state index in [1.165, 1.54) is 0 Å². The summed E-state index contributed by atoms with van der Waals surface area (Å²) in [6.45, 7) is 2.32. The van der Waals surface area contributed by atoms with Gasteiger partial charge >= 0.3 is 0 Å². The van der Waals surface area contributed by atoms with E-state index in [0.717, 1.165) is 31.7 Å². The molecule has 6 nitrogen and oxygen atoms in total. The third kappa shape index (κ3) is 3.27. The molecule has 0 bridgehead atoms. The lowest BCUT2D eigenvalue weighted by atomic mass is 9.99. The maximum absolute atomic E-state index is 12.2. The van der Waals surface area contributed by atoms with E-state index in [-0.39, 0.29) is 5.56 Å². The van der Waals surface area contributed by atoms with Gasteiger partial charge in [-0.05, 0) is 25.0 Å². The molecule has 1 aliphatic heterocycles. The molecule has 22 heavy (non-hydrogen) atoms. The Morgan fingerprint density at radius 1 is 1.32 bits per heavy atom. The number of aryl methyl sites for hydroxylation is 1. The lowest BCUT2D eigenvalue weighted by molar-refractivity contribution is 0.228. The molecule has 2 aromatic heterocycles. The van der Waals surface area contributed by atoms with Crippen molar-refractivity contribution in [1.82, 2.24) is 14.5 Å². The molecule has 6 heteroatoms. The van der Waals surface area contributed by atoms with Crippen LogP contribution in [0, 0.1) is 5.92 Å². The second-order valence-electron chi connectivity index (χ2n) is 5.62. The van der Waals surface area contributed by atoms with Crippen LogP contribution in [0.2, 0.25) is 0 Å². The van der Waals surface area contributed by atoms with Crippen molar-refractivity contribution in [3.63, 3.8) is 0 Å². The first-order chi connectivity index (χ1) is 10.7. The van der Waals surface area contributed by atoms with Crippen molar-refractivity contribution in [3.05, 3.63) is 47.3 Å². The predicted molar refractivity (Wildman–Crippen MR) is 84.1 cm³/mol. The number of piperidine rings is 1. The Hall–Kier alpha value is -2.37. The average Bonchev–Trinajstić information content (AvgIpc) is 2.57. The molecule has 0 aromatic carbocycles. The third-order valence-corrected chi connectivity index (χ3v) is 3.95. The number of hydrogen-bond acceptors (Lipinski definition) is 5. The molecule has 1 fully saturated rings. The number of anilines is 1. The minimum Gasteiger partial charge on any atom is -0.493 e. The molecule has 0 spiro atoms. The van der Waals surface area contributed by atoms with Gasteiger partial charge in [-0.25, -0.2) is 4.98 Å². The lowest BCUT2D eigenvalue weighted by Crippen LogP contribution is -2.41. The summed E-state index contributed by atoms with van der Waals surface area (Å²) in [4.78, 5) is 22.5. The van der Waals surface area contributed by atoms with Crippen molar-refractivity contribution in [3.8, 4) is 5.75 Å². The van der Waals surface area contributed by atoms with E-state index in [4.69, 9.17) is 4.74 Å². The smallest absolute Gasteiger partial charge is 0.293 e. The van der Waals surface area contributed by atoms with Crippen molar-refractivity contribution in [2.75, 3.05) is 24.6 Å². The highest BCUT2D eigenvalue weighted by molar-refractivity contribution is 5.36. The lowest BCUT2D eigenvalue weighted by Gasteiger charge is -2.33. The maximum atomic E-state index is 12.2. The van der Waals surface area contributed by atoms with Crippen LogP contribution in [0.5, 0.6) is 5.75 Å². The largest absolute Gasteiger partial charge is 0.493 e. The molecule has 116 valence electrons. The highest BCUT2D eigenvalue weighted by Crippen LogP contribution is 2.20. The molecule has 0 N–H and O–H groups in total. The first-order valence-corrected chi connectivity index (χ1v) is 7.53. The fraction of sp³-hybridized carbons (Fsp3) is 0.438. The van der Waals surface area contributed by atoms with E-state index in [9.17, 15) is 4.79 Å². The van der Waals surface area contributed by atoms with Gasteiger partial charge in [0.2, 0.25) is 0 Å². The molecule has 0 radical (unpaired) electrons. The fourth-order valence-electron chi connectivity index (χ4n) is 2.74. The van der Waals surface area contributed by atoms with Gasteiger partial charge in [0.1, 0.15) is 5.75 Å². The van der Waals surface area contributed by atoms with Crippen LogP contribution < -0.4 is 15.2 Å². The second-order valence-corrected chi connectivity index (χ2v) is 5.62. The van der Waals surface area contributed by atoms with Crippen molar-refractivity contribution in [2.45, 2.75) is 12.8 Å². The van der Waals surface area contributed by atoms with Crippen molar-refractivity contribution >= 4 is 5.82 Å². The highest BCUT2D eigenvalue weighted by atomic mass is 16.5. The van der Waals surface area contributed by atoms with Crippen LogP contribution in [0.1, 0.15) is 12.8 Å². The standard InChI is InChI=1S/C16H20N4O2/c1-19-10-8-18-15(16(19)21)20-9-2-3-13(11-20)12-22-14-4-6-17-7-5-14/h4-8,10,13H,2-3,9,11-12H2,1H3. The summed E-state index contributed by atoms with van der Waals surface area (Å²) in [6, 6.07) is 3.71. The molecule has 1 atom stereocenters. The number of nitrogens with zero attached hydrogens (tertiary/aromatic N) is 4. The molecule has 0 saturated carbocycles. The van der Waals surface area contributed by atoms with Crippen LogP contribution in [0.25, 0.3) is 0 Å². The average molecular weight is 300 g/mol. The molecule has 3 rings (SSSR count). The van der Waals surface area contributed by atoms with E-state index in [1.807, 2.05) is 12.1 Å². The highest BCUT2D eigenvalue weighted by Gasteiger charge is 2.23. The number of ether oxygens (including phenoxy) is 1. The fourth-order valence-corrected chi connectivity index (χ4v) is 2.74. The van der Waals surface area contributed by atoms with E-state index < -0.39 is 0 Å². The normalized spacial score (nSPS) is 18.2. The Kier molecular flexibility index (Phi) is 4.37. The van der Waals surface area contributed by atoms with E-state index in [0.29, 0.717) is 18.3 Å². The molecule has 1 aliphatic rings. The Balaban J connectivity index is 1.64. The molecule has 1 saturated heterocycles. The van der Waals surface area contributed by atoms with Gasteiger partial charge in [0.25, 0.3) is 5.56 Å². The monoisotopic (exact) mass is 300 g/mol. The summed E-state index contributed by atoms with van der Waals surface area (Å²) in [6.07, 6.45) is 8.95. The number of aromatic nitrogens is 3. The Morgan fingerprint density at radius 2 is 2.14 bits per heavy atom. The topological polar surface area (TPSA) is 60.3 Å². The maximum Gasteiger partial charge on any atom is 0.293 e. The molecule has 1 unspecified atom stereocenters. The Morgan fingerprint density at radius 3 is 2.95 bits per heavy atom. The van der Waals surface area contributed by atoms with Crippen LogP contribution in [0.3, 0.4) is 0 Å². The number of pyridine rings is 1. The molecular weight excluding hydrogens is 280 g/mol. The van der Waals surface area contributed by atoms with E-state index in [2.05, 4.69) is 14.9 Å². The van der Waals surface area contributed by atoms with Crippen molar-refractivity contribution in [2.24, 2.45) is 13.0 Å². The number of rotatable bonds is 4. The molecular formula is C16H20N4O2. The molecule has 3 heterocycles. The van der Waals surface area contributed by atoms with E-state index in [1.54, 1.807) is 36.4 Å². The predicted octanol–water partition coefficient (Wildman–Crippen LogP) is 1.47. The summed E-state index contributed by atoms with van der Waals surface area (Å²) in [5, 5.41) is 0. The van der Waals surface area contributed by atoms with Crippen LogP contribution in [0.4, 0.5) is 5.82 Å². The van der Waals surface area contributed by atoms with Gasteiger partial charge < -0.3 is 14.2 Å². The Bertz CT molecular complexity index is 671. The van der Waals surface area contributed by atoms with Crippen molar-refractivity contribution < 1.29 is 4.74 Å². The van der Waals surface area contributed by atoms with Crippen molar-refractivity contribution in [1.29, 1.82) is 0 Å². The SMILES string of the molecule is Cn1ccnc(N2CCCC(COc3ccncc3)C2)c1=O. The minimum atomic E-state index is -0.0433. The summed E-state index contributed by atoms with van der Waals surface area (Å²) >= 11 is 0. The van der Waals surface area contributed by atoms with Gasteiger partial charge in [-0.1, -0.05) is 0 Å². The zero-order chi connectivity index (χ0) is 15.4. The van der Waals surface area contributed by atoms with Gasteiger partial charge in [0.05, 0.1) is 6.61 Å². The van der Waals surface area contributed by atoms with Crippen LogP contribution in [0.15, 0.2) is 41.7 Å². The molecule has 0 amide bonds. The third-order valence-electron chi connectivity index (χ3n) is 3.95. The zero-order valence-electron chi connectivity index (χ0n) is 12.7. The summed E-state index contributed by atoms with van der Waals surface area (Å²) in [7, 11) is 1.75. The summed E-state index contributed by atoms with van der Waals surface area (Å²) in [5.41, 5.74) is -0.0433. The molecule has 2 aromatic rings. The first-order valence-electron chi connectivity index (χ1n) is 7.53. The van der Waals surface area contributed by atoms with Crippen LogP contribution in [-0.2, 0) is 7.05 Å². The number of hydrogen-bond donors (Lipinski definition) is 0. The van der Waals surface area contributed by atoms with Gasteiger partial charge in [-0.15, -0.1) is 0 Å². The molecule has 0 aliphatic carbocycles. The van der Waals surface area contributed by atoms with E-state index >= 15 is 0 Å². The van der Waals surface area contributed by atoms with Gasteiger partial charge in [-0.2, -0.15) is 0 Å². The quantitative estimate of drug-likeness (QED) is 0.856. The Labute approximate surface area is 129 Å². The van der Waals surface area contributed by atoms with Gasteiger partial charge in [0, 0.05) is 50.8 Å². The van der Waals surface area contributed by atoms with Gasteiger partial charge in [0.15, 0.2) is 5.82 Å². The summed E-state index contributed by atoms with van der Waals surface area (Å²) in [5.74, 6) is 1.77. The first kappa shape index (κ1) is 14.6. The second kappa shape index (κ2) is 6.60. The van der Waals surface area contributed by atoms with Crippen LogP contribution >= 0.6 is 0 Å². The van der Waals surface area contributed by atoms with Gasteiger partial charge in [-0.3, -0.25) is 9.78 Å². The minimum absolute atomic E-state index is 0.0433. The zero-order valence-corrected chi connectivity index (χ0v) is 12.7. The van der Waals surface area contributed by atoms with Crippen LogP contribution in [-0.4, -0.2) is 34.2 Å². The summed E-state index contributed by atoms with van der Waals surface area (Å²) < 4.78 is 7.38.